The first-order valence-electron chi connectivity index (χ1n) is 11.0. The van der Waals surface area contributed by atoms with Crippen molar-refractivity contribution in [2.24, 2.45) is 9.98 Å². The van der Waals surface area contributed by atoms with E-state index in [0.717, 1.165) is 68.9 Å². The molecule has 0 radical (unpaired) electrons. The summed E-state index contributed by atoms with van der Waals surface area (Å²) in [5.41, 5.74) is 10.8. The minimum absolute atomic E-state index is 0.125. The number of nitrogens with zero attached hydrogens (tertiary/aromatic N) is 3. The van der Waals surface area contributed by atoms with Crippen molar-refractivity contribution in [1.82, 2.24) is 4.98 Å². The third-order valence-corrected chi connectivity index (χ3v) is 6.17. The van der Waals surface area contributed by atoms with Gasteiger partial charge in [0.2, 0.25) is 0 Å². The predicted molar refractivity (Wildman–Crippen MR) is 130 cm³/mol. The third-order valence-electron chi connectivity index (χ3n) is 6.17. The van der Waals surface area contributed by atoms with E-state index in [1.165, 1.54) is 5.57 Å². The van der Waals surface area contributed by atoms with Crippen molar-refractivity contribution >= 4 is 35.7 Å². The van der Waals surface area contributed by atoms with Crippen molar-refractivity contribution < 1.29 is 9.52 Å². The van der Waals surface area contributed by atoms with Gasteiger partial charge in [0.25, 0.3) is 0 Å². The monoisotopic (exact) mass is 423 g/mol. The highest BCUT2D eigenvalue weighted by Crippen LogP contribution is 2.32. The molecule has 8 bridgehead atoms. The molecule has 0 saturated carbocycles. The molecular weight excluding hydrogens is 398 g/mol. The molecular formula is C27H25N3O2. The van der Waals surface area contributed by atoms with E-state index in [9.17, 15) is 5.11 Å². The number of pyridine rings is 1. The molecule has 0 aromatic carbocycles. The summed E-state index contributed by atoms with van der Waals surface area (Å²) >= 11 is 0. The van der Waals surface area contributed by atoms with Crippen LogP contribution in [-0.4, -0.2) is 21.5 Å². The maximum absolute atomic E-state index is 10.5. The molecule has 2 aromatic heterocycles. The largest absolute Gasteiger partial charge is 0.506 e. The molecule has 0 saturated heterocycles. The Bertz CT molecular complexity index is 1460. The maximum atomic E-state index is 10.5. The normalized spacial score (nSPS) is 17.5. The van der Waals surface area contributed by atoms with Gasteiger partial charge in [-0.3, -0.25) is 0 Å². The third kappa shape index (κ3) is 3.40. The average molecular weight is 424 g/mol. The molecule has 5 heteroatoms. The highest BCUT2D eigenvalue weighted by Gasteiger charge is 2.21. The molecule has 5 heterocycles. The summed E-state index contributed by atoms with van der Waals surface area (Å²) in [7, 11) is 0. The molecule has 3 aliphatic rings. The fourth-order valence-corrected chi connectivity index (χ4v) is 4.40. The van der Waals surface area contributed by atoms with Crippen LogP contribution in [0.15, 0.2) is 72.4 Å². The van der Waals surface area contributed by atoms with Crippen molar-refractivity contribution in [3.8, 4) is 5.75 Å². The van der Waals surface area contributed by atoms with Crippen LogP contribution in [0.5, 0.6) is 5.75 Å². The van der Waals surface area contributed by atoms with Gasteiger partial charge in [0.15, 0.2) is 0 Å². The van der Waals surface area contributed by atoms with Gasteiger partial charge in [-0.2, -0.15) is 0 Å². The Kier molecular flexibility index (Phi) is 4.89. The molecule has 0 spiro atoms. The van der Waals surface area contributed by atoms with Crippen LogP contribution in [0.1, 0.15) is 51.9 Å². The van der Waals surface area contributed by atoms with Crippen molar-refractivity contribution in [3.05, 3.63) is 80.2 Å². The lowest BCUT2D eigenvalue weighted by Gasteiger charge is -2.04. The summed E-state index contributed by atoms with van der Waals surface area (Å²) in [5, 5.41) is 10.5. The molecule has 0 fully saturated rings. The van der Waals surface area contributed by atoms with Crippen molar-refractivity contribution in [1.29, 1.82) is 0 Å². The fraction of sp³-hybridized carbons (Fsp3) is 0.222. The Morgan fingerprint density at radius 2 is 1.31 bits per heavy atom. The molecule has 0 atom stereocenters. The summed E-state index contributed by atoms with van der Waals surface area (Å²) in [4.78, 5) is 14.4. The topological polar surface area (TPSA) is 71.0 Å². The van der Waals surface area contributed by atoms with E-state index in [0.29, 0.717) is 5.69 Å². The van der Waals surface area contributed by atoms with Crippen LogP contribution in [-0.2, 0) is 0 Å². The van der Waals surface area contributed by atoms with Gasteiger partial charge in [-0.25, -0.2) is 15.0 Å². The smallest absolute Gasteiger partial charge is 0.141 e. The summed E-state index contributed by atoms with van der Waals surface area (Å²) in [5.74, 6) is 0.125. The van der Waals surface area contributed by atoms with E-state index in [-0.39, 0.29) is 5.75 Å². The van der Waals surface area contributed by atoms with E-state index in [1.807, 2.05) is 36.4 Å². The fourth-order valence-electron chi connectivity index (χ4n) is 4.40. The van der Waals surface area contributed by atoms with Gasteiger partial charge in [-0.15, -0.1) is 0 Å². The number of aromatic nitrogens is 1. The van der Waals surface area contributed by atoms with E-state index in [1.54, 1.807) is 12.1 Å². The predicted octanol–water partition coefficient (Wildman–Crippen LogP) is 4.70. The van der Waals surface area contributed by atoms with Crippen LogP contribution in [0.2, 0.25) is 0 Å². The van der Waals surface area contributed by atoms with Crippen molar-refractivity contribution in [3.63, 3.8) is 0 Å². The number of hydrogen-bond donors (Lipinski definition) is 1. The summed E-state index contributed by atoms with van der Waals surface area (Å²) in [6.07, 6.45) is 9.50. The zero-order chi connectivity index (χ0) is 22.4. The van der Waals surface area contributed by atoms with Crippen LogP contribution in [0, 0.1) is 0 Å². The van der Waals surface area contributed by atoms with E-state index in [2.05, 4.69) is 27.7 Å². The van der Waals surface area contributed by atoms with Gasteiger partial charge in [-0.1, -0.05) is 13.8 Å². The standard InChI is InChI=1S/C27H25N3O2/c1-5-20-15(3)22-11-17-7-10-27(31)26(28-17)14-23-16(4)21(6-2)25(30-23)13-19-9-8-18(32-19)12-24(20)29-22/h7-14,31H,5-6H2,1-4H3. The van der Waals surface area contributed by atoms with Gasteiger partial charge >= 0.3 is 0 Å². The zero-order valence-electron chi connectivity index (χ0n) is 18.7. The summed E-state index contributed by atoms with van der Waals surface area (Å²) in [6.45, 7) is 8.40. The number of aliphatic imine (C=N–C) groups is 2. The van der Waals surface area contributed by atoms with E-state index >= 15 is 0 Å². The molecule has 0 aliphatic carbocycles. The van der Waals surface area contributed by atoms with Crippen LogP contribution < -0.4 is 10.8 Å². The SMILES string of the molecule is CCC1=C(C)C2=Cc3ccc(O)c(n3)C=C3N=C(C=c4ccc(o4)=CC1=N2)C(CC)=C3C. The lowest BCUT2D eigenvalue weighted by atomic mass is 10.0. The molecule has 2 aromatic rings. The molecule has 5 rings (SSSR count). The Labute approximate surface area is 187 Å². The molecule has 160 valence electrons. The van der Waals surface area contributed by atoms with Gasteiger partial charge in [0.1, 0.15) is 22.3 Å². The Morgan fingerprint density at radius 1 is 0.750 bits per heavy atom. The van der Waals surface area contributed by atoms with Crippen LogP contribution in [0.25, 0.3) is 24.3 Å². The molecule has 3 aliphatic heterocycles. The summed E-state index contributed by atoms with van der Waals surface area (Å²) in [6, 6.07) is 7.41. The summed E-state index contributed by atoms with van der Waals surface area (Å²) < 4.78 is 6.09. The van der Waals surface area contributed by atoms with Crippen molar-refractivity contribution in [2.75, 3.05) is 0 Å². The van der Waals surface area contributed by atoms with Crippen LogP contribution in [0.3, 0.4) is 0 Å². The van der Waals surface area contributed by atoms with Crippen LogP contribution >= 0.6 is 0 Å². The van der Waals surface area contributed by atoms with Gasteiger partial charge in [0, 0.05) is 12.2 Å². The Hall–Kier alpha value is -3.73. The average Bonchev–Trinajstić information content (AvgIpc) is 3.41. The number of aromatic hydroxyl groups is 1. The number of allylic oxidation sites excluding steroid dienone is 4. The second-order valence-electron chi connectivity index (χ2n) is 8.14. The first-order valence-corrected chi connectivity index (χ1v) is 11.0. The molecule has 5 nitrogen and oxygen atoms in total. The van der Waals surface area contributed by atoms with Crippen LogP contribution in [0.4, 0.5) is 0 Å². The first kappa shape index (κ1) is 20.2. The number of hydrogen-bond acceptors (Lipinski definition) is 5. The van der Waals surface area contributed by atoms with E-state index in [4.69, 9.17) is 19.4 Å². The minimum atomic E-state index is 0.125. The first-order chi connectivity index (χ1) is 15.5. The molecule has 1 N–H and O–H groups in total. The van der Waals surface area contributed by atoms with E-state index < -0.39 is 0 Å². The second kappa shape index (κ2) is 7.75. The molecule has 0 amide bonds. The lowest BCUT2D eigenvalue weighted by molar-refractivity contribution is 0.471. The minimum Gasteiger partial charge on any atom is -0.506 e. The second-order valence-corrected chi connectivity index (χ2v) is 8.14. The Balaban J connectivity index is 1.81. The highest BCUT2D eigenvalue weighted by atomic mass is 16.3. The zero-order valence-corrected chi connectivity index (χ0v) is 18.7. The van der Waals surface area contributed by atoms with Gasteiger partial charge in [-0.05, 0) is 85.4 Å². The Morgan fingerprint density at radius 3 is 1.88 bits per heavy atom. The molecule has 0 unspecified atom stereocenters. The lowest BCUT2D eigenvalue weighted by Crippen LogP contribution is -2.07. The highest BCUT2D eigenvalue weighted by molar-refractivity contribution is 6.24. The number of fused-ring (bicyclic) bond motifs is 6. The van der Waals surface area contributed by atoms with Crippen molar-refractivity contribution in [2.45, 2.75) is 40.5 Å². The quantitative estimate of drug-likeness (QED) is 0.761. The maximum Gasteiger partial charge on any atom is 0.141 e. The van der Waals surface area contributed by atoms with Gasteiger partial charge < -0.3 is 9.52 Å². The number of furan rings is 1. The van der Waals surface area contributed by atoms with Gasteiger partial charge in [0.05, 0.1) is 28.5 Å². The number of rotatable bonds is 2. The molecule has 32 heavy (non-hydrogen) atoms.